The van der Waals surface area contributed by atoms with Gasteiger partial charge in [-0.05, 0) is 49.9 Å². The van der Waals surface area contributed by atoms with Gasteiger partial charge >= 0.3 is 6.16 Å². The molecule has 0 radical (unpaired) electrons. The maximum absolute atomic E-state index is 8.56. The fourth-order valence-corrected chi connectivity index (χ4v) is 2.58. The summed E-state index contributed by atoms with van der Waals surface area (Å²) in [5.41, 5.74) is 2.63. The molecule has 0 saturated carbocycles. The minimum atomic E-state index is -1.83. The van der Waals surface area contributed by atoms with Crippen LogP contribution in [0.2, 0.25) is 0 Å². The quantitative estimate of drug-likeness (QED) is 0.645. The fourth-order valence-electron chi connectivity index (χ4n) is 2.14. The van der Waals surface area contributed by atoms with Crippen molar-refractivity contribution in [2.24, 2.45) is 0 Å². The van der Waals surface area contributed by atoms with Crippen LogP contribution >= 0.6 is 11.8 Å². The first-order valence-electron chi connectivity index (χ1n) is 6.64. The first-order valence-corrected chi connectivity index (χ1v) is 7.87. The molecule has 0 saturated heterocycles. The lowest BCUT2D eigenvalue weighted by molar-refractivity contribution is 0.137. The standard InChI is InChI=1S/C14H20N2S.CH2O3/c1-9(10(2)15-3)13-8-16-14-6-5-11(17-4)7-12(13)14;2-1(3)4/h5-10,15-16H,1-4H3;(H2,2,3,4). The minimum Gasteiger partial charge on any atom is -0.450 e. The molecule has 1 aromatic carbocycles. The van der Waals surface area contributed by atoms with Gasteiger partial charge in [-0.15, -0.1) is 11.8 Å². The number of thioether (sulfide) groups is 1. The number of aromatic amines is 1. The highest BCUT2D eigenvalue weighted by atomic mass is 32.2. The summed E-state index contributed by atoms with van der Waals surface area (Å²) in [5, 5.41) is 18.6. The molecule has 2 unspecified atom stereocenters. The Bertz CT molecular complexity index is 594. The lowest BCUT2D eigenvalue weighted by atomic mass is 9.94. The van der Waals surface area contributed by atoms with Gasteiger partial charge in [0.25, 0.3) is 0 Å². The summed E-state index contributed by atoms with van der Waals surface area (Å²) in [7, 11) is 2.02. The van der Waals surface area contributed by atoms with E-state index in [2.05, 4.69) is 54.8 Å². The van der Waals surface area contributed by atoms with Crippen LogP contribution < -0.4 is 5.32 Å². The van der Waals surface area contributed by atoms with Crippen LogP contribution in [0.4, 0.5) is 4.79 Å². The predicted octanol–water partition coefficient (Wildman–Crippen LogP) is 3.82. The van der Waals surface area contributed by atoms with Crippen LogP contribution in [-0.2, 0) is 0 Å². The van der Waals surface area contributed by atoms with Gasteiger partial charge in [-0.1, -0.05) is 6.92 Å². The number of hydrogen-bond donors (Lipinski definition) is 4. The molecule has 0 spiro atoms. The maximum Gasteiger partial charge on any atom is 0.503 e. The summed E-state index contributed by atoms with van der Waals surface area (Å²) >= 11 is 1.79. The molecule has 0 aliphatic heterocycles. The number of benzene rings is 1. The van der Waals surface area contributed by atoms with Crippen LogP contribution in [0.5, 0.6) is 0 Å². The summed E-state index contributed by atoms with van der Waals surface area (Å²) in [6.07, 6.45) is 2.43. The van der Waals surface area contributed by atoms with Crippen molar-refractivity contribution in [1.82, 2.24) is 10.3 Å². The molecule has 0 amide bonds. The second-order valence-corrected chi connectivity index (χ2v) is 5.68. The number of nitrogens with one attached hydrogen (secondary N) is 2. The molecule has 1 heterocycles. The van der Waals surface area contributed by atoms with Gasteiger partial charge in [0.1, 0.15) is 0 Å². The molecule has 116 valence electrons. The third-order valence-electron chi connectivity index (χ3n) is 3.62. The number of hydrogen-bond acceptors (Lipinski definition) is 3. The van der Waals surface area contributed by atoms with Crippen molar-refractivity contribution in [3.05, 3.63) is 30.0 Å². The summed E-state index contributed by atoms with van der Waals surface area (Å²) in [6.45, 7) is 4.50. The Kier molecular flexibility index (Phi) is 6.58. The Hall–Kier alpha value is -1.66. The zero-order chi connectivity index (χ0) is 16.0. The number of H-pyrrole nitrogens is 1. The third kappa shape index (κ3) is 4.68. The van der Waals surface area contributed by atoms with Crippen molar-refractivity contribution >= 4 is 28.8 Å². The SMILES string of the molecule is CNC(C)C(C)c1c[nH]c2ccc(SC)cc12.O=C(O)O. The zero-order valence-electron chi connectivity index (χ0n) is 12.7. The van der Waals surface area contributed by atoms with Crippen LogP contribution in [0.25, 0.3) is 10.9 Å². The van der Waals surface area contributed by atoms with E-state index in [1.807, 2.05) is 7.05 Å². The number of aromatic nitrogens is 1. The summed E-state index contributed by atoms with van der Waals surface area (Å²) in [5.74, 6) is 0.505. The van der Waals surface area contributed by atoms with E-state index >= 15 is 0 Å². The average molecular weight is 310 g/mol. The minimum absolute atomic E-state index is 0.479. The maximum atomic E-state index is 8.56. The second-order valence-electron chi connectivity index (χ2n) is 4.80. The molecule has 4 N–H and O–H groups in total. The van der Waals surface area contributed by atoms with Gasteiger partial charge in [0.2, 0.25) is 0 Å². The van der Waals surface area contributed by atoms with Crippen LogP contribution in [-0.4, -0.2) is 40.7 Å². The zero-order valence-corrected chi connectivity index (χ0v) is 13.5. The number of rotatable bonds is 4. The van der Waals surface area contributed by atoms with Gasteiger partial charge in [-0.2, -0.15) is 0 Å². The molecule has 2 aromatic rings. The van der Waals surface area contributed by atoms with Crippen molar-refractivity contribution in [1.29, 1.82) is 0 Å². The Morgan fingerprint density at radius 3 is 2.48 bits per heavy atom. The van der Waals surface area contributed by atoms with E-state index in [1.54, 1.807) is 11.8 Å². The molecular formula is C15H22N2O3S. The Balaban J connectivity index is 0.000000491. The molecule has 5 nitrogen and oxygen atoms in total. The van der Waals surface area contributed by atoms with Crippen molar-refractivity contribution in [3.63, 3.8) is 0 Å². The summed E-state index contributed by atoms with van der Waals surface area (Å²) in [4.78, 5) is 13.2. The smallest absolute Gasteiger partial charge is 0.450 e. The highest BCUT2D eigenvalue weighted by molar-refractivity contribution is 7.98. The molecule has 0 aliphatic rings. The number of likely N-dealkylation sites (N-methyl/N-ethyl adjacent to an activating group) is 1. The molecule has 2 atom stereocenters. The monoisotopic (exact) mass is 310 g/mol. The number of carboxylic acid groups (broad SMARTS) is 2. The molecular weight excluding hydrogens is 288 g/mol. The lowest BCUT2D eigenvalue weighted by Crippen LogP contribution is -2.26. The van der Waals surface area contributed by atoms with Crippen molar-refractivity contribution in [2.75, 3.05) is 13.3 Å². The van der Waals surface area contributed by atoms with E-state index in [-0.39, 0.29) is 0 Å². The van der Waals surface area contributed by atoms with Gasteiger partial charge in [-0.3, -0.25) is 0 Å². The molecule has 21 heavy (non-hydrogen) atoms. The van der Waals surface area contributed by atoms with E-state index in [9.17, 15) is 0 Å². The van der Waals surface area contributed by atoms with Crippen molar-refractivity contribution in [2.45, 2.75) is 30.7 Å². The first-order chi connectivity index (χ1) is 9.90. The van der Waals surface area contributed by atoms with E-state index in [1.165, 1.54) is 21.4 Å². The summed E-state index contributed by atoms with van der Waals surface area (Å²) in [6, 6.07) is 7.10. The van der Waals surface area contributed by atoms with Gasteiger partial charge in [0, 0.05) is 28.0 Å². The highest BCUT2D eigenvalue weighted by Crippen LogP contribution is 2.30. The number of carbonyl (C=O) groups is 1. The molecule has 1 aromatic heterocycles. The molecule has 6 heteroatoms. The van der Waals surface area contributed by atoms with E-state index < -0.39 is 6.16 Å². The van der Waals surface area contributed by atoms with Crippen LogP contribution in [0.3, 0.4) is 0 Å². The van der Waals surface area contributed by atoms with Gasteiger partial charge in [0.15, 0.2) is 0 Å². The van der Waals surface area contributed by atoms with Gasteiger partial charge in [0.05, 0.1) is 0 Å². The van der Waals surface area contributed by atoms with E-state index in [0.717, 1.165) is 0 Å². The van der Waals surface area contributed by atoms with Gasteiger partial charge in [-0.25, -0.2) is 4.79 Å². The predicted molar refractivity (Wildman–Crippen MR) is 87.7 cm³/mol. The molecule has 0 bridgehead atoms. The van der Waals surface area contributed by atoms with E-state index in [0.29, 0.717) is 12.0 Å². The Morgan fingerprint density at radius 2 is 1.95 bits per heavy atom. The number of fused-ring (bicyclic) bond motifs is 1. The Morgan fingerprint density at radius 1 is 1.33 bits per heavy atom. The second kappa shape index (κ2) is 7.95. The first kappa shape index (κ1) is 17.4. The van der Waals surface area contributed by atoms with Gasteiger partial charge < -0.3 is 20.5 Å². The van der Waals surface area contributed by atoms with Crippen LogP contribution in [0.15, 0.2) is 29.3 Å². The van der Waals surface area contributed by atoms with Crippen LogP contribution in [0, 0.1) is 0 Å². The van der Waals surface area contributed by atoms with Crippen molar-refractivity contribution < 1.29 is 15.0 Å². The highest BCUT2D eigenvalue weighted by Gasteiger charge is 2.16. The topological polar surface area (TPSA) is 85.4 Å². The van der Waals surface area contributed by atoms with E-state index in [4.69, 9.17) is 15.0 Å². The third-order valence-corrected chi connectivity index (χ3v) is 4.34. The lowest BCUT2D eigenvalue weighted by Gasteiger charge is -2.18. The fraction of sp³-hybridized carbons (Fsp3) is 0.400. The molecule has 2 rings (SSSR count). The van der Waals surface area contributed by atoms with Crippen LogP contribution in [0.1, 0.15) is 25.3 Å². The average Bonchev–Trinajstić information content (AvgIpc) is 2.87. The normalized spacial score (nSPS) is 13.3. The Labute approximate surface area is 128 Å². The molecule has 0 aliphatic carbocycles. The summed E-state index contributed by atoms with van der Waals surface area (Å²) < 4.78 is 0. The largest absolute Gasteiger partial charge is 0.503 e. The molecule has 0 fully saturated rings. The van der Waals surface area contributed by atoms with Crippen molar-refractivity contribution in [3.8, 4) is 0 Å².